The van der Waals surface area contributed by atoms with Gasteiger partial charge in [-0.15, -0.1) is 0 Å². The number of anilines is 2. The summed E-state index contributed by atoms with van der Waals surface area (Å²) in [7, 11) is 0. The van der Waals surface area contributed by atoms with Gasteiger partial charge >= 0.3 is 6.18 Å². The molecule has 1 amide bonds. The smallest absolute Gasteiger partial charge is 0.355 e. The second kappa shape index (κ2) is 7.13. The van der Waals surface area contributed by atoms with E-state index in [4.69, 9.17) is 0 Å². The lowest BCUT2D eigenvalue weighted by Crippen LogP contribution is -2.24. The maximum atomic E-state index is 12.8. The van der Waals surface area contributed by atoms with Crippen molar-refractivity contribution in [1.29, 1.82) is 0 Å². The third kappa shape index (κ3) is 4.45. The van der Waals surface area contributed by atoms with E-state index in [0.29, 0.717) is 12.2 Å². The van der Waals surface area contributed by atoms with Crippen LogP contribution in [-0.4, -0.2) is 17.4 Å². The van der Waals surface area contributed by atoms with Gasteiger partial charge in [-0.1, -0.05) is 13.0 Å². The zero-order chi connectivity index (χ0) is 16.9. The Morgan fingerprint density at radius 3 is 2.74 bits per heavy atom. The number of carbonyl (C=O) groups is 1. The lowest BCUT2D eigenvalue weighted by Gasteiger charge is -2.13. The summed E-state index contributed by atoms with van der Waals surface area (Å²) in [5.41, 5.74) is 0.162. The summed E-state index contributed by atoms with van der Waals surface area (Å²) in [4.78, 5) is 16.0. The summed E-state index contributed by atoms with van der Waals surface area (Å²) >= 11 is 0. The summed E-state index contributed by atoms with van der Waals surface area (Å²) in [6, 6.07) is 6.34. The van der Waals surface area contributed by atoms with Crippen LogP contribution in [-0.2, 0) is 6.18 Å². The quantitative estimate of drug-likeness (QED) is 0.875. The van der Waals surface area contributed by atoms with Crippen LogP contribution in [0.3, 0.4) is 0 Å². The molecule has 7 heteroatoms. The maximum Gasteiger partial charge on any atom is 0.416 e. The Morgan fingerprint density at radius 1 is 1.26 bits per heavy atom. The lowest BCUT2D eigenvalue weighted by atomic mass is 10.1. The molecule has 1 aromatic carbocycles. The molecule has 0 radical (unpaired) electrons. The Balaban J connectivity index is 2.25. The Labute approximate surface area is 131 Å². The number of hydrogen-bond donors (Lipinski definition) is 2. The van der Waals surface area contributed by atoms with E-state index in [2.05, 4.69) is 15.6 Å². The molecule has 2 aromatic rings. The molecule has 0 atom stereocenters. The molecule has 1 aromatic heterocycles. The number of amides is 1. The molecule has 0 saturated heterocycles. The molecule has 0 spiro atoms. The highest BCUT2D eigenvalue weighted by Gasteiger charge is 2.30. The van der Waals surface area contributed by atoms with Crippen LogP contribution in [0, 0.1) is 0 Å². The van der Waals surface area contributed by atoms with Gasteiger partial charge in [0.05, 0.1) is 16.8 Å². The predicted octanol–water partition coefficient (Wildman–Crippen LogP) is 3.98. The van der Waals surface area contributed by atoms with E-state index in [1.807, 2.05) is 6.92 Å². The van der Waals surface area contributed by atoms with Crippen molar-refractivity contribution < 1.29 is 18.0 Å². The van der Waals surface area contributed by atoms with Crippen molar-refractivity contribution in [3.8, 4) is 0 Å². The minimum atomic E-state index is -4.42. The molecular formula is C16H16F3N3O. The third-order valence-corrected chi connectivity index (χ3v) is 3.07. The van der Waals surface area contributed by atoms with E-state index in [1.54, 1.807) is 6.07 Å². The SMILES string of the molecule is CCCNC(=O)c1cnccc1Nc1cccc(C(F)(F)F)c1. The number of benzene rings is 1. The number of hydrogen-bond acceptors (Lipinski definition) is 3. The molecule has 0 aliphatic carbocycles. The van der Waals surface area contributed by atoms with E-state index in [-0.39, 0.29) is 17.2 Å². The normalized spacial score (nSPS) is 11.1. The molecule has 2 rings (SSSR count). The second-order valence-electron chi connectivity index (χ2n) is 4.88. The van der Waals surface area contributed by atoms with Gasteiger partial charge in [0.2, 0.25) is 0 Å². The van der Waals surface area contributed by atoms with Crippen molar-refractivity contribution in [2.75, 3.05) is 11.9 Å². The number of rotatable bonds is 5. The summed E-state index contributed by atoms with van der Waals surface area (Å²) in [5.74, 6) is -0.325. The second-order valence-corrected chi connectivity index (χ2v) is 4.88. The molecule has 2 N–H and O–H groups in total. The highest BCUT2D eigenvalue weighted by Crippen LogP contribution is 2.31. The number of aromatic nitrogens is 1. The van der Waals surface area contributed by atoms with Gasteiger partial charge in [-0.25, -0.2) is 0 Å². The number of nitrogens with zero attached hydrogens (tertiary/aromatic N) is 1. The Morgan fingerprint density at radius 2 is 2.04 bits per heavy atom. The van der Waals surface area contributed by atoms with Gasteiger partial charge in [-0.2, -0.15) is 13.2 Å². The van der Waals surface area contributed by atoms with Crippen LogP contribution >= 0.6 is 0 Å². The van der Waals surface area contributed by atoms with Gasteiger partial charge < -0.3 is 10.6 Å². The van der Waals surface area contributed by atoms with Gasteiger partial charge in [0.25, 0.3) is 5.91 Å². The summed E-state index contributed by atoms with van der Waals surface area (Å²) in [6.07, 6.45) is -0.798. The van der Waals surface area contributed by atoms with Crippen LogP contribution in [0.4, 0.5) is 24.5 Å². The van der Waals surface area contributed by atoms with Gasteiger partial charge in [0, 0.05) is 24.6 Å². The molecule has 4 nitrogen and oxygen atoms in total. The van der Waals surface area contributed by atoms with E-state index in [9.17, 15) is 18.0 Å². The minimum absolute atomic E-state index is 0.246. The molecule has 0 aliphatic rings. The van der Waals surface area contributed by atoms with E-state index >= 15 is 0 Å². The molecule has 0 saturated carbocycles. The number of carbonyl (C=O) groups excluding carboxylic acids is 1. The largest absolute Gasteiger partial charge is 0.416 e. The van der Waals surface area contributed by atoms with E-state index in [1.165, 1.54) is 24.5 Å². The molecule has 122 valence electrons. The Kier molecular flexibility index (Phi) is 5.20. The van der Waals surface area contributed by atoms with Crippen LogP contribution in [0.15, 0.2) is 42.7 Å². The number of pyridine rings is 1. The topological polar surface area (TPSA) is 54.0 Å². The van der Waals surface area contributed by atoms with Gasteiger partial charge in [-0.3, -0.25) is 9.78 Å². The van der Waals surface area contributed by atoms with Crippen molar-refractivity contribution in [3.05, 3.63) is 53.9 Å². The zero-order valence-electron chi connectivity index (χ0n) is 12.4. The number of alkyl halides is 3. The van der Waals surface area contributed by atoms with Crippen LogP contribution in [0.1, 0.15) is 29.3 Å². The molecule has 1 heterocycles. The van der Waals surface area contributed by atoms with Crippen molar-refractivity contribution >= 4 is 17.3 Å². The molecule has 0 unspecified atom stereocenters. The first-order valence-electron chi connectivity index (χ1n) is 7.08. The van der Waals surface area contributed by atoms with Gasteiger partial charge in [0.15, 0.2) is 0 Å². The van der Waals surface area contributed by atoms with Gasteiger partial charge in [0.1, 0.15) is 0 Å². The predicted molar refractivity (Wildman–Crippen MR) is 81.6 cm³/mol. The fourth-order valence-electron chi connectivity index (χ4n) is 1.95. The fourth-order valence-corrected chi connectivity index (χ4v) is 1.95. The number of nitrogens with one attached hydrogen (secondary N) is 2. The fraction of sp³-hybridized carbons (Fsp3) is 0.250. The number of halogens is 3. The monoisotopic (exact) mass is 323 g/mol. The van der Waals surface area contributed by atoms with Crippen LogP contribution < -0.4 is 10.6 Å². The van der Waals surface area contributed by atoms with Gasteiger partial charge in [-0.05, 0) is 30.7 Å². The highest BCUT2D eigenvalue weighted by molar-refractivity contribution is 5.99. The Bertz CT molecular complexity index is 686. The van der Waals surface area contributed by atoms with Crippen molar-refractivity contribution in [2.24, 2.45) is 0 Å². The zero-order valence-corrected chi connectivity index (χ0v) is 12.4. The third-order valence-electron chi connectivity index (χ3n) is 3.07. The van der Waals surface area contributed by atoms with Crippen molar-refractivity contribution in [3.63, 3.8) is 0 Å². The highest BCUT2D eigenvalue weighted by atomic mass is 19.4. The van der Waals surface area contributed by atoms with Crippen LogP contribution in [0.2, 0.25) is 0 Å². The van der Waals surface area contributed by atoms with Crippen molar-refractivity contribution in [1.82, 2.24) is 10.3 Å². The standard InChI is InChI=1S/C16H16F3N3O/c1-2-7-21-15(23)13-10-20-8-6-14(13)22-12-5-3-4-11(9-12)16(17,18)19/h3-6,8-10H,2,7H2,1H3,(H,20,22)(H,21,23). The summed E-state index contributed by atoms with van der Waals surface area (Å²) in [5, 5.41) is 5.55. The molecule has 0 fully saturated rings. The molecule has 23 heavy (non-hydrogen) atoms. The molecular weight excluding hydrogens is 307 g/mol. The lowest BCUT2D eigenvalue weighted by molar-refractivity contribution is -0.137. The molecule has 0 bridgehead atoms. The van der Waals surface area contributed by atoms with Crippen molar-refractivity contribution in [2.45, 2.75) is 19.5 Å². The minimum Gasteiger partial charge on any atom is -0.355 e. The first-order valence-corrected chi connectivity index (χ1v) is 7.08. The maximum absolute atomic E-state index is 12.8. The first kappa shape index (κ1) is 16.8. The average Bonchev–Trinajstić information content (AvgIpc) is 2.52. The summed E-state index contributed by atoms with van der Waals surface area (Å²) < 4.78 is 38.3. The average molecular weight is 323 g/mol. The summed E-state index contributed by atoms with van der Waals surface area (Å²) in [6.45, 7) is 2.43. The Hall–Kier alpha value is -2.57. The van der Waals surface area contributed by atoms with E-state index in [0.717, 1.165) is 18.6 Å². The first-order chi connectivity index (χ1) is 10.9. The van der Waals surface area contributed by atoms with E-state index < -0.39 is 11.7 Å². The van der Waals surface area contributed by atoms with Crippen LogP contribution in [0.5, 0.6) is 0 Å². The molecule has 0 aliphatic heterocycles. The van der Waals surface area contributed by atoms with Crippen LogP contribution in [0.25, 0.3) is 0 Å².